The number of rotatable bonds is 13. The van der Waals surface area contributed by atoms with E-state index in [1.165, 1.54) is 0 Å². The lowest BCUT2D eigenvalue weighted by Crippen LogP contribution is -2.49. The molecule has 0 aliphatic carbocycles. The lowest BCUT2D eigenvalue weighted by molar-refractivity contribution is 0.00753. The normalized spacial score (nSPS) is 12.7. The molecule has 0 unspecified atom stereocenters. The van der Waals surface area contributed by atoms with Gasteiger partial charge in [-0.15, -0.1) is 0 Å². The summed E-state index contributed by atoms with van der Waals surface area (Å²) in [7, 11) is 4.81. The predicted octanol–water partition coefficient (Wildman–Crippen LogP) is 3.38. The molecular weight excluding hydrogens is 372 g/mol. The van der Waals surface area contributed by atoms with Gasteiger partial charge in [-0.25, -0.2) is 0 Å². The molecule has 0 aromatic carbocycles. The molecule has 0 spiro atoms. The lowest BCUT2D eigenvalue weighted by atomic mass is 9.98. The highest BCUT2D eigenvalue weighted by atomic mass is 28.4. The van der Waals surface area contributed by atoms with Crippen molar-refractivity contribution >= 4 is 17.6 Å². The van der Waals surface area contributed by atoms with E-state index >= 15 is 0 Å². The summed E-state index contributed by atoms with van der Waals surface area (Å²) in [5.74, 6) is 1.25. The van der Waals surface area contributed by atoms with Gasteiger partial charge in [0.2, 0.25) is 0 Å². The van der Waals surface area contributed by atoms with Gasteiger partial charge in [0.25, 0.3) is 0 Å². The van der Waals surface area contributed by atoms with Gasteiger partial charge in [-0.1, -0.05) is 27.7 Å². The first-order chi connectivity index (χ1) is 12.1. The molecule has 26 heavy (non-hydrogen) atoms. The second-order valence-corrected chi connectivity index (χ2v) is 12.8. The molecule has 0 saturated carbocycles. The summed E-state index contributed by atoms with van der Waals surface area (Å²) in [6, 6.07) is 0. The Morgan fingerprint density at radius 1 is 0.615 bits per heavy atom. The maximum Gasteiger partial charge on any atom is 0.527 e. The van der Waals surface area contributed by atoms with Gasteiger partial charge in [0.05, 0.1) is 6.10 Å². The van der Waals surface area contributed by atoms with Gasteiger partial charge >= 0.3 is 17.6 Å². The van der Waals surface area contributed by atoms with Crippen molar-refractivity contribution in [3.8, 4) is 0 Å². The van der Waals surface area contributed by atoms with Crippen LogP contribution in [0.4, 0.5) is 0 Å². The van der Waals surface area contributed by atoms with E-state index in [4.69, 9.17) is 31.3 Å². The van der Waals surface area contributed by atoms with Crippen LogP contribution in [-0.2, 0) is 31.3 Å². The molecule has 0 aromatic rings. The van der Waals surface area contributed by atoms with Gasteiger partial charge in [-0.2, -0.15) is 0 Å². The average Bonchev–Trinajstić information content (AvgIpc) is 2.62. The Balaban J connectivity index is 0. The predicted molar refractivity (Wildman–Crippen MR) is 108 cm³/mol. The SMILES string of the molecule is CO[Si](C)(OC)OC.CO[Si](COC(CC(C)C)CC(C)C)(OC)OC. The van der Waals surface area contributed by atoms with Crippen molar-refractivity contribution in [2.75, 3.05) is 48.9 Å². The Morgan fingerprint density at radius 2 is 0.962 bits per heavy atom. The van der Waals surface area contributed by atoms with Crippen molar-refractivity contribution in [2.45, 2.75) is 53.2 Å². The Labute approximate surface area is 163 Å². The third-order valence-corrected chi connectivity index (χ3v) is 8.62. The monoisotopic (exact) mass is 414 g/mol. The largest absolute Gasteiger partial charge is 0.527 e. The van der Waals surface area contributed by atoms with E-state index < -0.39 is 17.6 Å². The van der Waals surface area contributed by atoms with Crippen LogP contribution in [0.2, 0.25) is 6.55 Å². The third-order valence-electron chi connectivity index (χ3n) is 4.01. The molecule has 0 saturated heterocycles. The fourth-order valence-corrected chi connectivity index (χ4v) is 3.97. The molecule has 0 aromatic heterocycles. The van der Waals surface area contributed by atoms with Crippen LogP contribution >= 0.6 is 0 Å². The maximum atomic E-state index is 5.99. The van der Waals surface area contributed by atoms with E-state index in [2.05, 4.69) is 27.7 Å². The van der Waals surface area contributed by atoms with Crippen LogP contribution < -0.4 is 0 Å². The number of hydrogen-bond acceptors (Lipinski definition) is 7. The molecular formula is C17H42O7Si2. The molecule has 0 N–H and O–H groups in total. The zero-order valence-corrected chi connectivity index (χ0v) is 20.7. The number of hydrogen-bond donors (Lipinski definition) is 0. The highest BCUT2D eigenvalue weighted by molar-refractivity contribution is 6.60. The molecule has 0 radical (unpaired) electrons. The van der Waals surface area contributed by atoms with Gasteiger partial charge in [-0.3, -0.25) is 0 Å². The highest BCUT2D eigenvalue weighted by Crippen LogP contribution is 2.18. The van der Waals surface area contributed by atoms with E-state index in [9.17, 15) is 0 Å². The van der Waals surface area contributed by atoms with Crippen LogP contribution in [0, 0.1) is 11.8 Å². The Bertz CT molecular complexity index is 296. The molecule has 7 nitrogen and oxygen atoms in total. The van der Waals surface area contributed by atoms with Crippen molar-refractivity contribution in [2.24, 2.45) is 11.8 Å². The molecule has 0 aliphatic heterocycles. The molecule has 0 aliphatic rings. The van der Waals surface area contributed by atoms with Crippen LogP contribution in [0.5, 0.6) is 0 Å². The van der Waals surface area contributed by atoms with Crippen molar-refractivity contribution < 1.29 is 31.3 Å². The first-order valence-corrected chi connectivity index (χ1v) is 13.2. The molecule has 160 valence electrons. The minimum Gasteiger partial charge on any atom is -0.377 e. The molecule has 9 heteroatoms. The summed E-state index contributed by atoms with van der Waals surface area (Å²) in [4.78, 5) is 0. The molecule has 0 atom stereocenters. The van der Waals surface area contributed by atoms with Gasteiger partial charge < -0.3 is 31.3 Å². The molecule has 0 heterocycles. The second kappa shape index (κ2) is 15.1. The average molecular weight is 415 g/mol. The highest BCUT2D eigenvalue weighted by Gasteiger charge is 2.39. The summed E-state index contributed by atoms with van der Waals surface area (Å²) in [6.07, 6.45) is 2.78. The van der Waals surface area contributed by atoms with E-state index in [-0.39, 0.29) is 6.10 Å². The van der Waals surface area contributed by atoms with Gasteiger partial charge in [-0.05, 0) is 24.7 Å². The first kappa shape index (κ1) is 28.4. The molecule has 0 amide bonds. The van der Waals surface area contributed by atoms with Gasteiger partial charge in [0.15, 0.2) is 0 Å². The molecule has 0 rings (SSSR count). The summed E-state index contributed by atoms with van der Waals surface area (Å²) in [5.41, 5.74) is 0. The standard InChI is InChI=1S/C13H30O4Si.C4H12O3Si/c1-11(2)8-13(9-12(3)4)17-10-18(14-5,15-6)16-7;1-5-8(4,6-2)7-3/h11-13H,8-10H2,1-7H3;1-4H3. The summed E-state index contributed by atoms with van der Waals surface area (Å²) < 4.78 is 36.9. The fraction of sp³-hybridized carbons (Fsp3) is 1.00. The van der Waals surface area contributed by atoms with Crippen LogP contribution in [-0.4, -0.2) is 72.6 Å². The van der Waals surface area contributed by atoms with Crippen LogP contribution in [0.3, 0.4) is 0 Å². The van der Waals surface area contributed by atoms with E-state index in [0.717, 1.165) is 12.8 Å². The quantitative estimate of drug-likeness (QED) is 0.428. The second-order valence-electron chi connectivity index (χ2n) is 6.96. The van der Waals surface area contributed by atoms with Crippen molar-refractivity contribution in [1.82, 2.24) is 0 Å². The van der Waals surface area contributed by atoms with Crippen LogP contribution in [0.1, 0.15) is 40.5 Å². The van der Waals surface area contributed by atoms with E-state index in [0.29, 0.717) is 18.1 Å². The van der Waals surface area contributed by atoms with Crippen LogP contribution in [0.25, 0.3) is 0 Å². The van der Waals surface area contributed by atoms with Crippen molar-refractivity contribution in [3.05, 3.63) is 0 Å². The lowest BCUT2D eigenvalue weighted by Gasteiger charge is -2.28. The Kier molecular flexibility index (Phi) is 16.5. The molecule has 0 bridgehead atoms. The number of ether oxygens (including phenoxy) is 1. The van der Waals surface area contributed by atoms with E-state index in [1.807, 2.05) is 6.55 Å². The summed E-state index contributed by atoms with van der Waals surface area (Å²) >= 11 is 0. The van der Waals surface area contributed by atoms with Crippen molar-refractivity contribution in [3.63, 3.8) is 0 Å². The maximum absolute atomic E-state index is 5.99. The topological polar surface area (TPSA) is 64.6 Å². The third kappa shape index (κ3) is 12.5. The van der Waals surface area contributed by atoms with Gasteiger partial charge in [0, 0.05) is 49.2 Å². The smallest absolute Gasteiger partial charge is 0.377 e. The summed E-state index contributed by atoms with van der Waals surface area (Å²) in [6.45, 7) is 10.7. The Hall–Kier alpha value is 0.154. The fourth-order valence-electron chi connectivity index (χ4n) is 2.18. The zero-order chi connectivity index (χ0) is 20.8. The Morgan fingerprint density at radius 3 is 1.15 bits per heavy atom. The van der Waals surface area contributed by atoms with Crippen LogP contribution in [0.15, 0.2) is 0 Å². The van der Waals surface area contributed by atoms with Gasteiger partial charge in [0.1, 0.15) is 6.23 Å². The minimum absolute atomic E-state index is 0.248. The van der Waals surface area contributed by atoms with E-state index in [1.54, 1.807) is 42.7 Å². The summed E-state index contributed by atoms with van der Waals surface area (Å²) in [5, 5.41) is 0. The molecule has 0 fully saturated rings. The minimum atomic E-state index is -2.60. The zero-order valence-electron chi connectivity index (χ0n) is 18.7. The first-order valence-electron chi connectivity index (χ1n) is 8.99. The van der Waals surface area contributed by atoms with Crippen molar-refractivity contribution in [1.29, 1.82) is 0 Å².